The fourth-order valence-electron chi connectivity index (χ4n) is 2.84. The van der Waals surface area contributed by atoms with Crippen molar-refractivity contribution >= 4 is 11.5 Å². The van der Waals surface area contributed by atoms with Gasteiger partial charge in [-0.2, -0.15) is 0 Å². The van der Waals surface area contributed by atoms with Crippen molar-refractivity contribution < 1.29 is 26.2 Å². The van der Waals surface area contributed by atoms with Crippen LogP contribution in [0, 0.1) is 0 Å². The molecule has 0 spiro atoms. The van der Waals surface area contributed by atoms with Crippen molar-refractivity contribution in [2.45, 2.75) is 6.61 Å². The number of hydrazine groups is 1. The summed E-state index contributed by atoms with van der Waals surface area (Å²) in [6.45, 7) is 0.922. The number of H-pyrrole nitrogens is 1. The van der Waals surface area contributed by atoms with Gasteiger partial charge >= 0.3 is 0 Å². The summed E-state index contributed by atoms with van der Waals surface area (Å²) in [7, 11) is 1.92. The normalized spacial score (nSPS) is 12.8. The summed E-state index contributed by atoms with van der Waals surface area (Å²) in [5.74, 6) is 0.683. The van der Waals surface area contributed by atoms with E-state index in [-0.39, 0.29) is 38.8 Å². The van der Waals surface area contributed by atoms with Crippen molar-refractivity contribution in [3.05, 3.63) is 101 Å². The van der Waals surface area contributed by atoms with Crippen LogP contribution in [-0.4, -0.2) is 28.7 Å². The van der Waals surface area contributed by atoms with Gasteiger partial charge in [0, 0.05) is 46.9 Å². The van der Waals surface area contributed by atoms with Gasteiger partial charge < -0.3 is 15.8 Å². The summed E-state index contributed by atoms with van der Waals surface area (Å²) in [6.07, 6.45) is 5.28. The van der Waals surface area contributed by atoms with E-state index in [0.717, 1.165) is 17.7 Å². The molecule has 0 bridgehead atoms. The fourth-order valence-corrected chi connectivity index (χ4v) is 2.84. The molecule has 1 aromatic heterocycles. The smallest absolute Gasteiger partial charge is 0.168 e. The SMILES string of the molecule is CN1CC=CN1c1cc(=O)c([NH-])c[nH]1.OCc1cccc(-c2ccccc2)c1.[W]. The number of rotatable bonds is 3. The van der Waals surface area contributed by atoms with E-state index < -0.39 is 0 Å². The number of aromatic nitrogens is 1. The average Bonchev–Trinajstić information content (AvgIpc) is 3.17. The van der Waals surface area contributed by atoms with Crippen LogP contribution in [0.5, 0.6) is 0 Å². The molecule has 29 heavy (non-hydrogen) atoms. The third kappa shape index (κ3) is 5.91. The largest absolute Gasteiger partial charge is 0.694 e. The first-order valence-corrected chi connectivity index (χ1v) is 8.95. The Balaban J connectivity index is 0.000000200. The zero-order valence-electron chi connectivity index (χ0n) is 16.1. The van der Waals surface area contributed by atoms with Crippen LogP contribution in [0.2, 0.25) is 0 Å². The van der Waals surface area contributed by atoms with Crippen molar-refractivity contribution in [3.63, 3.8) is 0 Å². The molecule has 1 aliphatic heterocycles. The maximum atomic E-state index is 11.2. The van der Waals surface area contributed by atoms with Gasteiger partial charge in [-0.3, -0.25) is 9.80 Å². The Morgan fingerprint density at radius 2 is 1.79 bits per heavy atom. The van der Waals surface area contributed by atoms with Crippen LogP contribution in [0.25, 0.3) is 16.9 Å². The molecular formula is C22H23N4O2W-. The van der Waals surface area contributed by atoms with Crippen LogP contribution in [0.1, 0.15) is 5.56 Å². The summed E-state index contributed by atoms with van der Waals surface area (Å²) in [4.78, 5) is 14.1. The molecular weight excluding hydrogens is 536 g/mol. The molecule has 0 fully saturated rings. The van der Waals surface area contributed by atoms with Crippen molar-refractivity contribution in [1.82, 2.24) is 9.99 Å². The van der Waals surface area contributed by atoms with Gasteiger partial charge in [0.25, 0.3) is 0 Å². The van der Waals surface area contributed by atoms with Crippen molar-refractivity contribution in [3.8, 4) is 11.1 Å². The first kappa shape index (κ1) is 22.6. The Morgan fingerprint density at radius 1 is 1.07 bits per heavy atom. The van der Waals surface area contributed by atoms with E-state index in [4.69, 9.17) is 10.8 Å². The second kappa shape index (κ2) is 10.8. The van der Waals surface area contributed by atoms with E-state index >= 15 is 0 Å². The van der Waals surface area contributed by atoms with Crippen molar-refractivity contribution in [2.75, 3.05) is 18.6 Å². The summed E-state index contributed by atoms with van der Waals surface area (Å²) in [5, 5.41) is 12.8. The van der Waals surface area contributed by atoms with E-state index in [2.05, 4.69) is 23.2 Å². The zero-order valence-corrected chi connectivity index (χ0v) is 19.0. The van der Waals surface area contributed by atoms with Crippen LogP contribution in [0.15, 0.2) is 83.9 Å². The molecule has 1 aliphatic rings. The summed E-state index contributed by atoms with van der Waals surface area (Å²) < 4.78 is 0. The van der Waals surface area contributed by atoms with E-state index in [1.807, 2.05) is 65.7 Å². The number of pyridine rings is 1. The number of aromatic amines is 1. The van der Waals surface area contributed by atoms with Gasteiger partial charge in [-0.05, 0) is 29.0 Å². The number of aliphatic hydroxyl groups is 1. The first-order chi connectivity index (χ1) is 13.6. The Morgan fingerprint density at radius 3 is 2.41 bits per heavy atom. The number of hydrogen-bond acceptors (Lipinski definition) is 4. The summed E-state index contributed by atoms with van der Waals surface area (Å²) in [5.41, 5.74) is 10.2. The van der Waals surface area contributed by atoms with Gasteiger partial charge in [0.2, 0.25) is 0 Å². The second-order valence-corrected chi connectivity index (χ2v) is 6.39. The predicted molar refractivity (Wildman–Crippen MR) is 113 cm³/mol. The molecule has 4 rings (SSSR count). The number of benzene rings is 2. The third-order valence-electron chi connectivity index (χ3n) is 4.35. The van der Waals surface area contributed by atoms with Crippen molar-refractivity contribution in [2.24, 2.45) is 0 Å². The minimum atomic E-state index is -0.271. The Hall–Kier alpha value is -2.66. The van der Waals surface area contributed by atoms with Gasteiger partial charge in [-0.15, -0.1) is 0 Å². The van der Waals surface area contributed by atoms with E-state index in [1.165, 1.54) is 17.8 Å². The number of likely N-dealkylation sites (N-methyl/N-ethyl adjacent to an activating group) is 1. The average molecular weight is 559 g/mol. The van der Waals surface area contributed by atoms with E-state index in [9.17, 15) is 4.79 Å². The monoisotopic (exact) mass is 559 g/mol. The van der Waals surface area contributed by atoms with E-state index in [1.54, 1.807) is 0 Å². The topological polar surface area (TPSA) is 83.4 Å². The molecule has 0 amide bonds. The van der Waals surface area contributed by atoms with Crippen LogP contribution >= 0.6 is 0 Å². The minimum absolute atomic E-state index is 0. The van der Waals surface area contributed by atoms with Gasteiger partial charge in [-0.1, -0.05) is 60.3 Å². The third-order valence-corrected chi connectivity index (χ3v) is 4.35. The van der Waals surface area contributed by atoms with Gasteiger partial charge in [-0.25, -0.2) is 5.01 Å². The maximum absolute atomic E-state index is 11.2. The zero-order chi connectivity index (χ0) is 19.9. The Bertz CT molecular complexity index is 1000. The first-order valence-electron chi connectivity index (χ1n) is 8.95. The molecule has 0 saturated heterocycles. The number of nitrogens with one attached hydrogen (secondary N) is 2. The number of anilines is 1. The molecule has 0 radical (unpaired) electrons. The molecule has 0 unspecified atom stereocenters. The van der Waals surface area contributed by atoms with Crippen LogP contribution in [0.3, 0.4) is 0 Å². The fraction of sp³-hybridized carbons (Fsp3) is 0.136. The standard InChI is InChI=1S/C13H12O.C9H11N4O.W/c14-10-11-5-4-8-13(9-11)12-6-2-1-3-7-12;1-12-3-2-4-13(12)9-5-8(14)7(10)6-11-9;/h1-9,14H,10H2;2,4-6,10H,3H2,1H3,(H,11,14);/q;-1;. The van der Waals surface area contributed by atoms with Crippen LogP contribution in [0.4, 0.5) is 11.5 Å². The maximum Gasteiger partial charge on any atom is 0.168 e. The molecule has 0 atom stereocenters. The molecule has 3 aromatic rings. The second-order valence-electron chi connectivity index (χ2n) is 6.39. The number of nitrogens with zero attached hydrogens (tertiary/aromatic N) is 2. The van der Waals surface area contributed by atoms with Gasteiger partial charge in [0.05, 0.1) is 6.61 Å². The summed E-state index contributed by atoms with van der Waals surface area (Å²) in [6, 6.07) is 19.5. The minimum Gasteiger partial charge on any atom is -0.694 e. The quantitative estimate of drug-likeness (QED) is 0.507. The molecule has 3 N–H and O–H groups in total. The molecule has 0 aliphatic carbocycles. The number of aliphatic hydroxyl groups excluding tert-OH is 1. The molecule has 7 heteroatoms. The van der Waals surface area contributed by atoms with Gasteiger partial charge in [0.1, 0.15) is 5.82 Å². The molecule has 150 valence electrons. The molecule has 0 saturated carbocycles. The van der Waals surface area contributed by atoms with Crippen LogP contribution < -0.4 is 10.4 Å². The molecule has 2 aromatic carbocycles. The van der Waals surface area contributed by atoms with Crippen molar-refractivity contribution in [1.29, 1.82) is 0 Å². The molecule has 2 heterocycles. The molecule has 6 nitrogen and oxygen atoms in total. The Kier molecular flexibility index (Phi) is 8.40. The number of hydrogen-bond donors (Lipinski definition) is 2. The van der Waals surface area contributed by atoms with Crippen LogP contribution in [-0.2, 0) is 27.7 Å². The van der Waals surface area contributed by atoms with Gasteiger partial charge in [0.15, 0.2) is 5.43 Å². The summed E-state index contributed by atoms with van der Waals surface area (Å²) >= 11 is 0. The predicted octanol–water partition coefficient (Wildman–Crippen LogP) is 4.08. The van der Waals surface area contributed by atoms with E-state index in [0.29, 0.717) is 5.82 Å². The Labute approximate surface area is 184 Å².